The highest BCUT2D eigenvalue weighted by Gasteiger charge is 2.23. The molecule has 0 spiro atoms. The van der Waals surface area contributed by atoms with Crippen LogP contribution < -0.4 is 15.0 Å². The number of nitrogens with zero attached hydrogens (tertiary/aromatic N) is 4. The number of rotatable bonds is 7. The number of ether oxygens (including phenoxy) is 1. The molecule has 0 fully saturated rings. The van der Waals surface area contributed by atoms with E-state index < -0.39 is 0 Å². The standard InChI is InChI=1S/C23H33N5O2/c1-15(2)25-20(29)13-28(6)22-17-8-7-9-18(17)26-21(27-22)19-12-16(10-11-24-19)30-14-23(3,4)5/h10-12,15H,7-9,13-14H2,1-6H3,(H,25,29). The van der Waals surface area contributed by atoms with E-state index in [1.807, 2.05) is 37.9 Å². The number of pyridine rings is 1. The van der Waals surface area contributed by atoms with Gasteiger partial charge in [-0.05, 0) is 44.6 Å². The molecule has 7 nitrogen and oxygen atoms in total. The number of nitrogens with one attached hydrogen (secondary N) is 1. The minimum Gasteiger partial charge on any atom is -0.493 e. The number of fused-ring (bicyclic) bond motifs is 1. The number of aryl methyl sites for hydroxylation is 1. The highest BCUT2D eigenvalue weighted by atomic mass is 16.5. The smallest absolute Gasteiger partial charge is 0.239 e. The Hall–Kier alpha value is -2.70. The van der Waals surface area contributed by atoms with Gasteiger partial charge in [0.2, 0.25) is 5.91 Å². The summed E-state index contributed by atoms with van der Waals surface area (Å²) in [4.78, 5) is 28.3. The Balaban J connectivity index is 1.88. The number of amides is 1. The van der Waals surface area contributed by atoms with Gasteiger partial charge in [0, 0.05) is 36.6 Å². The van der Waals surface area contributed by atoms with Gasteiger partial charge in [0.25, 0.3) is 0 Å². The fourth-order valence-corrected chi connectivity index (χ4v) is 3.42. The number of hydrogen-bond acceptors (Lipinski definition) is 6. The van der Waals surface area contributed by atoms with Crippen molar-refractivity contribution in [3.8, 4) is 17.3 Å². The van der Waals surface area contributed by atoms with Crippen molar-refractivity contribution < 1.29 is 9.53 Å². The van der Waals surface area contributed by atoms with Crippen molar-refractivity contribution in [1.82, 2.24) is 20.3 Å². The third-order valence-electron chi connectivity index (χ3n) is 4.74. The molecule has 162 valence electrons. The summed E-state index contributed by atoms with van der Waals surface area (Å²) in [5.74, 6) is 2.12. The van der Waals surface area contributed by atoms with Gasteiger partial charge in [-0.1, -0.05) is 20.8 Å². The van der Waals surface area contributed by atoms with Gasteiger partial charge in [0.1, 0.15) is 17.3 Å². The Morgan fingerprint density at radius 1 is 1.27 bits per heavy atom. The Bertz CT molecular complexity index is 905. The highest BCUT2D eigenvalue weighted by molar-refractivity contribution is 5.81. The van der Waals surface area contributed by atoms with Crippen LogP contribution in [0.4, 0.5) is 5.82 Å². The highest BCUT2D eigenvalue weighted by Crippen LogP contribution is 2.31. The summed E-state index contributed by atoms with van der Waals surface area (Å²) >= 11 is 0. The molecule has 1 amide bonds. The molecule has 0 saturated heterocycles. The number of hydrogen-bond donors (Lipinski definition) is 1. The SMILES string of the molecule is CC(C)NC(=O)CN(C)c1nc(-c2cc(OCC(C)(C)C)ccn2)nc2c1CCC2. The zero-order valence-electron chi connectivity index (χ0n) is 19.0. The van der Waals surface area contributed by atoms with E-state index in [4.69, 9.17) is 14.7 Å². The molecule has 0 aromatic carbocycles. The van der Waals surface area contributed by atoms with Gasteiger partial charge >= 0.3 is 0 Å². The molecular weight excluding hydrogens is 378 g/mol. The maximum atomic E-state index is 12.3. The first-order valence-electron chi connectivity index (χ1n) is 10.6. The van der Waals surface area contributed by atoms with E-state index in [0.29, 0.717) is 18.1 Å². The Labute approximate surface area is 179 Å². The Morgan fingerprint density at radius 3 is 2.73 bits per heavy atom. The maximum absolute atomic E-state index is 12.3. The van der Waals surface area contributed by atoms with Crippen LogP contribution in [0, 0.1) is 5.41 Å². The van der Waals surface area contributed by atoms with Crippen molar-refractivity contribution in [1.29, 1.82) is 0 Å². The van der Waals surface area contributed by atoms with Crippen molar-refractivity contribution in [3.63, 3.8) is 0 Å². The molecule has 7 heteroatoms. The van der Waals surface area contributed by atoms with Crippen molar-refractivity contribution in [2.45, 2.75) is 59.9 Å². The lowest BCUT2D eigenvalue weighted by molar-refractivity contribution is -0.120. The van der Waals surface area contributed by atoms with E-state index >= 15 is 0 Å². The predicted molar refractivity (Wildman–Crippen MR) is 119 cm³/mol. The Morgan fingerprint density at radius 2 is 2.03 bits per heavy atom. The monoisotopic (exact) mass is 411 g/mol. The lowest BCUT2D eigenvalue weighted by Gasteiger charge is -2.22. The van der Waals surface area contributed by atoms with Crippen molar-refractivity contribution in [2.75, 3.05) is 25.1 Å². The zero-order valence-corrected chi connectivity index (χ0v) is 19.0. The third-order valence-corrected chi connectivity index (χ3v) is 4.74. The van der Waals surface area contributed by atoms with E-state index in [0.717, 1.165) is 42.1 Å². The molecule has 0 unspecified atom stereocenters. The van der Waals surface area contributed by atoms with E-state index in [9.17, 15) is 4.79 Å². The molecule has 1 aliphatic carbocycles. The molecule has 0 saturated carbocycles. The second-order valence-electron chi connectivity index (χ2n) is 9.45. The van der Waals surface area contributed by atoms with Crippen LogP contribution in [-0.2, 0) is 17.6 Å². The number of carbonyl (C=O) groups is 1. The molecule has 0 bridgehead atoms. The molecule has 0 aliphatic heterocycles. The average Bonchev–Trinajstić information content (AvgIpc) is 3.13. The van der Waals surface area contributed by atoms with Gasteiger partial charge in [0.05, 0.1) is 13.2 Å². The lowest BCUT2D eigenvalue weighted by atomic mass is 9.99. The van der Waals surface area contributed by atoms with Crippen molar-refractivity contribution in [3.05, 3.63) is 29.6 Å². The first kappa shape index (κ1) is 22.0. The van der Waals surface area contributed by atoms with E-state index in [2.05, 4.69) is 31.1 Å². The van der Waals surface area contributed by atoms with Crippen LogP contribution in [0.5, 0.6) is 5.75 Å². The molecule has 2 aromatic rings. The molecule has 30 heavy (non-hydrogen) atoms. The van der Waals surface area contributed by atoms with E-state index in [1.54, 1.807) is 6.20 Å². The van der Waals surface area contributed by atoms with Crippen LogP contribution in [0.3, 0.4) is 0 Å². The molecule has 0 radical (unpaired) electrons. The quantitative estimate of drug-likeness (QED) is 0.752. The van der Waals surface area contributed by atoms with Gasteiger partial charge in [-0.15, -0.1) is 0 Å². The fourth-order valence-electron chi connectivity index (χ4n) is 3.42. The molecular formula is C23H33N5O2. The van der Waals surface area contributed by atoms with E-state index in [1.165, 1.54) is 0 Å². The van der Waals surface area contributed by atoms with Crippen LogP contribution in [0.1, 0.15) is 52.3 Å². The summed E-state index contributed by atoms with van der Waals surface area (Å²) in [6.07, 6.45) is 4.63. The van der Waals surface area contributed by atoms with Crippen LogP contribution >= 0.6 is 0 Å². The van der Waals surface area contributed by atoms with Gasteiger partial charge in [-0.3, -0.25) is 9.78 Å². The lowest BCUT2D eigenvalue weighted by Crippen LogP contribution is -2.39. The van der Waals surface area contributed by atoms with Gasteiger partial charge in [-0.2, -0.15) is 0 Å². The van der Waals surface area contributed by atoms with Crippen molar-refractivity contribution >= 4 is 11.7 Å². The fraction of sp³-hybridized carbons (Fsp3) is 0.565. The molecule has 2 aromatic heterocycles. The topological polar surface area (TPSA) is 80.2 Å². The van der Waals surface area contributed by atoms with Crippen LogP contribution in [0.15, 0.2) is 18.3 Å². The molecule has 1 aliphatic rings. The molecule has 2 heterocycles. The second kappa shape index (κ2) is 8.98. The summed E-state index contributed by atoms with van der Waals surface area (Å²) in [5.41, 5.74) is 2.94. The average molecular weight is 412 g/mol. The largest absolute Gasteiger partial charge is 0.493 e. The minimum absolute atomic E-state index is 0.0184. The van der Waals surface area contributed by atoms with Crippen LogP contribution in [0.25, 0.3) is 11.5 Å². The van der Waals surface area contributed by atoms with Gasteiger partial charge in [-0.25, -0.2) is 9.97 Å². The summed E-state index contributed by atoms with van der Waals surface area (Å²) in [5, 5.41) is 2.94. The zero-order chi connectivity index (χ0) is 21.9. The Kier molecular flexibility index (Phi) is 6.58. The van der Waals surface area contributed by atoms with Crippen molar-refractivity contribution in [2.24, 2.45) is 5.41 Å². The minimum atomic E-state index is -0.0184. The summed E-state index contributed by atoms with van der Waals surface area (Å²) < 4.78 is 5.93. The normalized spacial score (nSPS) is 13.3. The molecule has 1 N–H and O–H groups in total. The van der Waals surface area contributed by atoms with Crippen LogP contribution in [0.2, 0.25) is 0 Å². The number of likely N-dealkylation sites (N-methyl/N-ethyl adjacent to an activating group) is 1. The van der Waals surface area contributed by atoms with Crippen LogP contribution in [-0.4, -0.2) is 47.1 Å². The first-order valence-corrected chi connectivity index (χ1v) is 10.6. The van der Waals surface area contributed by atoms with Gasteiger partial charge in [0.15, 0.2) is 5.82 Å². The third kappa shape index (κ3) is 5.68. The summed E-state index contributed by atoms with van der Waals surface area (Å²) in [6.45, 7) is 11.2. The van der Waals surface area contributed by atoms with Gasteiger partial charge < -0.3 is 15.0 Å². The number of aromatic nitrogens is 3. The molecule has 0 atom stereocenters. The first-order chi connectivity index (χ1) is 14.1. The number of anilines is 1. The summed E-state index contributed by atoms with van der Waals surface area (Å²) in [6, 6.07) is 3.85. The number of carbonyl (C=O) groups excluding carboxylic acids is 1. The summed E-state index contributed by atoms with van der Waals surface area (Å²) in [7, 11) is 1.90. The predicted octanol–water partition coefficient (Wildman–Crippen LogP) is 3.41. The maximum Gasteiger partial charge on any atom is 0.239 e. The second-order valence-corrected chi connectivity index (χ2v) is 9.45. The van der Waals surface area contributed by atoms with E-state index in [-0.39, 0.29) is 23.9 Å². The molecule has 3 rings (SSSR count).